The van der Waals surface area contributed by atoms with Crippen LogP contribution in [0.3, 0.4) is 0 Å². The Hall–Kier alpha value is -2.68. The van der Waals surface area contributed by atoms with Crippen molar-refractivity contribution in [1.29, 1.82) is 0 Å². The summed E-state index contributed by atoms with van der Waals surface area (Å²) in [6.07, 6.45) is 0. The monoisotopic (exact) mass is 453 g/mol. The smallest absolute Gasteiger partial charge is 0.217 e. The number of hydrazone groups is 1. The highest BCUT2D eigenvalue weighted by Gasteiger charge is 2.16. The summed E-state index contributed by atoms with van der Waals surface area (Å²) in [5.41, 5.74) is 4.34. The highest BCUT2D eigenvalue weighted by Crippen LogP contribution is 2.27. The summed E-state index contributed by atoms with van der Waals surface area (Å²) >= 11 is 0. The van der Waals surface area contributed by atoms with E-state index in [-0.39, 0.29) is 0 Å². The van der Waals surface area contributed by atoms with Crippen molar-refractivity contribution in [2.45, 2.75) is 13.8 Å². The molecule has 2 saturated heterocycles. The van der Waals surface area contributed by atoms with Gasteiger partial charge in [0.25, 0.3) is 0 Å². The zero-order valence-corrected chi connectivity index (χ0v) is 20.0. The lowest BCUT2D eigenvalue weighted by molar-refractivity contribution is 0.0320. The van der Waals surface area contributed by atoms with Gasteiger partial charge in [0.2, 0.25) is 5.88 Å². The maximum atomic E-state index is 6.11. The SMILES string of the molecule is C/C(=N/N(C)c1cc(N2CCOCC2)cc(OCCN2CCOCC2)n1)c1cccc(C)c1. The minimum absolute atomic E-state index is 0.592. The van der Waals surface area contributed by atoms with E-state index in [1.165, 1.54) is 5.56 Å². The van der Waals surface area contributed by atoms with Crippen LogP contribution in [0, 0.1) is 6.92 Å². The molecule has 8 nitrogen and oxygen atoms in total. The van der Waals surface area contributed by atoms with Crippen molar-refractivity contribution in [2.75, 3.05) is 82.7 Å². The number of rotatable bonds is 8. The molecule has 33 heavy (non-hydrogen) atoms. The van der Waals surface area contributed by atoms with E-state index in [1.54, 1.807) is 0 Å². The van der Waals surface area contributed by atoms with Crippen molar-refractivity contribution in [3.8, 4) is 5.88 Å². The number of hydrogen-bond donors (Lipinski definition) is 0. The van der Waals surface area contributed by atoms with E-state index >= 15 is 0 Å². The Bertz CT molecular complexity index is 939. The molecule has 2 aliphatic rings. The highest BCUT2D eigenvalue weighted by molar-refractivity contribution is 5.99. The lowest BCUT2D eigenvalue weighted by atomic mass is 10.1. The zero-order valence-electron chi connectivity index (χ0n) is 20.0. The first kappa shape index (κ1) is 23.5. The summed E-state index contributed by atoms with van der Waals surface area (Å²) in [5.74, 6) is 1.38. The highest BCUT2D eigenvalue weighted by atomic mass is 16.5. The Labute approximate surface area is 196 Å². The predicted octanol–water partition coefficient (Wildman–Crippen LogP) is 2.80. The summed E-state index contributed by atoms with van der Waals surface area (Å²) in [6.45, 7) is 12.2. The molecule has 0 atom stereocenters. The lowest BCUT2D eigenvalue weighted by Gasteiger charge is -2.30. The van der Waals surface area contributed by atoms with Crippen molar-refractivity contribution in [1.82, 2.24) is 9.88 Å². The Kier molecular flexibility index (Phi) is 8.15. The molecule has 8 heteroatoms. The van der Waals surface area contributed by atoms with Gasteiger partial charge in [0.05, 0.1) is 32.1 Å². The lowest BCUT2D eigenvalue weighted by Crippen LogP contribution is -2.38. The van der Waals surface area contributed by atoms with E-state index < -0.39 is 0 Å². The van der Waals surface area contributed by atoms with Crippen LogP contribution in [0.25, 0.3) is 0 Å². The van der Waals surface area contributed by atoms with Gasteiger partial charge in [-0.05, 0) is 19.4 Å². The first-order chi connectivity index (χ1) is 16.1. The van der Waals surface area contributed by atoms with E-state index in [1.807, 2.05) is 25.0 Å². The Morgan fingerprint density at radius 3 is 2.52 bits per heavy atom. The Morgan fingerprint density at radius 2 is 1.79 bits per heavy atom. The largest absolute Gasteiger partial charge is 0.476 e. The zero-order chi connectivity index (χ0) is 23.0. The van der Waals surface area contributed by atoms with Gasteiger partial charge in [-0.1, -0.05) is 29.8 Å². The second-order valence-corrected chi connectivity index (χ2v) is 8.50. The first-order valence-electron chi connectivity index (χ1n) is 11.7. The third-order valence-corrected chi connectivity index (χ3v) is 5.98. The molecule has 0 spiro atoms. The Morgan fingerprint density at radius 1 is 1.06 bits per heavy atom. The second-order valence-electron chi connectivity index (χ2n) is 8.50. The molecular weight excluding hydrogens is 418 g/mol. The van der Waals surface area contributed by atoms with Gasteiger partial charge in [-0.15, -0.1) is 0 Å². The van der Waals surface area contributed by atoms with Crippen molar-refractivity contribution in [3.63, 3.8) is 0 Å². The number of pyridine rings is 1. The van der Waals surface area contributed by atoms with Gasteiger partial charge in [0.1, 0.15) is 6.61 Å². The van der Waals surface area contributed by atoms with Crippen LogP contribution in [0.2, 0.25) is 0 Å². The van der Waals surface area contributed by atoms with Gasteiger partial charge < -0.3 is 19.1 Å². The maximum Gasteiger partial charge on any atom is 0.217 e. The number of morpholine rings is 2. The van der Waals surface area contributed by atoms with E-state index in [0.717, 1.165) is 81.9 Å². The maximum absolute atomic E-state index is 6.11. The van der Waals surface area contributed by atoms with E-state index in [4.69, 9.17) is 24.3 Å². The molecule has 2 aromatic rings. The average molecular weight is 454 g/mol. The first-order valence-corrected chi connectivity index (χ1v) is 11.7. The molecular formula is C25H35N5O3. The topological polar surface area (TPSA) is 62.7 Å². The number of benzene rings is 1. The quantitative estimate of drug-likeness (QED) is 0.450. The molecule has 1 aromatic heterocycles. The summed E-state index contributed by atoms with van der Waals surface area (Å²) in [4.78, 5) is 9.44. The van der Waals surface area contributed by atoms with Crippen LogP contribution < -0.4 is 14.6 Å². The van der Waals surface area contributed by atoms with Crippen LogP contribution in [0.15, 0.2) is 41.5 Å². The number of aromatic nitrogens is 1. The molecule has 2 aliphatic heterocycles. The molecule has 0 N–H and O–H groups in total. The van der Waals surface area contributed by atoms with Crippen LogP contribution >= 0.6 is 0 Å². The minimum atomic E-state index is 0.592. The van der Waals surface area contributed by atoms with Crippen molar-refractivity contribution >= 4 is 17.2 Å². The minimum Gasteiger partial charge on any atom is -0.476 e. The normalized spacial score (nSPS) is 17.8. The number of hydrogen-bond acceptors (Lipinski definition) is 8. The second kappa shape index (κ2) is 11.4. The van der Waals surface area contributed by atoms with Crippen LogP contribution in [0.4, 0.5) is 11.5 Å². The number of anilines is 2. The van der Waals surface area contributed by atoms with Crippen molar-refractivity contribution in [2.24, 2.45) is 5.10 Å². The molecule has 1 aromatic carbocycles. The molecule has 0 unspecified atom stereocenters. The molecule has 178 valence electrons. The molecule has 0 amide bonds. The number of aryl methyl sites for hydroxylation is 1. The third kappa shape index (κ3) is 6.66. The molecule has 3 heterocycles. The molecule has 0 saturated carbocycles. The summed E-state index contributed by atoms with van der Waals surface area (Å²) < 4.78 is 17.1. The van der Waals surface area contributed by atoms with E-state index in [0.29, 0.717) is 12.5 Å². The fourth-order valence-corrected chi connectivity index (χ4v) is 4.03. The third-order valence-electron chi connectivity index (χ3n) is 5.98. The van der Waals surface area contributed by atoms with E-state index in [9.17, 15) is 0 Å². The molecule has 2 fully saturated rings. The predicted molar refractivity (Wildman–Crippen MR) is 132 cm³/mol. The summed E-state index contributed by atoms with van der Waals surface area (Å²) in [6, 6.07) is 12.5. The van der Waals surface area contributed by atoms with Gasteiger partial charge >= 0.3 is 0 Å². The van der Waals surface area contributed by atoms with Crippen LogP contribution in [0.5, 0.6) is 5.88 Å². The van der Waals surface area contributed by atoms with Gasteiger partial charge in [0, 0.05) is 57.6 Å². The molecule has 0 aliphatic carbocycles. The van der Waals surface area contributed by atoms with Gasteiger partial charge in [0.15, 0.2) is 5.82 Å². The Balaban J connectivity index is 1.52. The summed E-state index contributed by atoms with van der Waals surface area (Å²) in [7, 11) is 1.93. The van der Waals surface area contributed by atoms with Crippen LogP contribution in [-0.4, -0.2) is 88.4 Å². The number of ether oxygens (including phenoxy) is 3. The van der Waals surface area contributed by atoms with Crippen molar-refractivity contribution in [3.05, 3.63) is 47.5 Å². The van der Waals surface area contributed by atoms with Gasteiger partial charge in [-0.25, -0.2) is 0 Å². The van der Waals surface area contributed by atoms with Crippen LogP contribution in [-0.2, 0) is 9.47 Å². The molecule has 0 radical (unpaired) electrons. The standard InChI is InChI=1S/C25H35N5O3/c1-20-5-4-6-22(17-20)21(2)27-28(3)24-18-23(30-10-14-32-15-11-30)19-25(26-24)33-16-9-29-7-12-31-13-8-29/h4-6,17-19H,7-16H2,1-3H3/b27-21-. The fraction of sp³-hybridized carbons (Fsp3) is 0.520. The van der Waals surface area contributed by atoms with E-state index in [2.05, 4.69) is 47.1 Å². The van der Waals surface area contributed by atoms with Gasteiger partial charge in [-0.3, -0.25) is 9.91 Å². The number of nitrogens with zero attached hydrogens (tertiary/aromatic N) is 5. The average Bonchev–Trinajstić information content (AvgIpc) is 2.85. The van der Waals surface area contributed by atoms with Crippen LogP contribution in [0.1, 0.15) is 18.1 Å². The molecule has 0 bridgehead atoms. The fourth-order valence-electron chi connectivity index (χ4n) is 4.03. The molecule has 4 rings (SSSR count). The summed E-state index contributed by atoms with van der Waals surface area (Å²) in [5, 5.41) is 6.64. The van der Waals surface area contributed by atoms with Crippen molar-refractivity contribution < 1.29 is 14.2 Å². The van der Waals surface area contributed by atoms with Gasteiger partial charge in [-0.2, -0.15) is 10.1 Å².